The van der Waals surface area contributed by atoms with Crippen LogP contribution in [0, 0.1) is 5.92 Å². The Balaban J connectivity index is 0.00000625. The van der Waals surface area contributed by atoms with Crippen molar-refractivity contribution in [3.63, 3.8) is 0 Å². The van der Waals surface area contributed by atoms with Gasteiger partial charge in [-0.15, -0.1) is 24.0 Å². The van der Waals surface area contributed by atoms with Crippen molar-refractivity contribution in [3.05, 3.63) is 0 Å². The molecule has 154 valence electrons. The Kier molecular flexibility index (Phi) is 9.66. The number of halogens is 1. The second-order valence-electron chi connectivity index (χ2n) is 8.09. The highest BCUT2D eigenvalue weighted by Gasteiger charge is 2.28. The number of carbonyl (C=O) groups is 1. The van der Waals surface area contributed by atoms with Crippen LogP contribution >= 0.6 is 24.0 Å². The van der Waals surface area contributed by atoms with Crippen LogP contribution in [0.2, 0.25) is 0 Å². The van der Waals surface area contributed by atoms with Crippen molar-refractivity contribution in [2.24, 2.45) is 10.9 Å². The molecule has 0 radical (unpaired) electrons. The summed E-state index contributed by atoms with van der Waals surface area (Å²) < 4.78 is 28.2. The van der Waals surface area contributed by atoms with E-state index in [1.165, 1.54) is 0 Å². The minimum absolute atomic E-state index is 0. The molecule has 0 aromatic carbocycles. The maximum Gasteiger partial charge on any atom is 0.408 e. The van der Waals surface area contributed by atoms with Crippen LogP contribution in [0.4, 0.5) is 4.79 Å². The first-order valence-electron chi connectivity index (χ1n) is 8.48. The lowest BCUT2D eigenvalue weighted by Crippen LogP contribution is -2.54. The van der Waals surface area contributed by atoms with E-state index in [1.54, 1.807) is 7.05 Å². The largest absolute Gasteiger partial charge is 0.444 e. The SMILES string of the molecule is CN=C(NCC1CCS(=O)(=O)C1)NCC(C)(C)NC(=O)OC(C)(C)C.I. The van der Waals surface area contributed by atoms with Gasteiger partial charge < -0.3 is 20.7 Å². The van der Waals surface area contributed by atoms with E-state index >= 15 is 0 Å². The highest BCUT2D eigenvalue weighted by molar-refractivity contribution is 14.0. The predicted octanol–water partition coefficient (Wildman–Crippen LogP) is 1.51. The van der Waals surface area contributed by atoms with Crippen molar-refractivity contribution < 1.29 is 17.9 Å². The molecule has 0 aromatic heterocycles. The summed E-state index contributed by atoms with van der Waals surface area (Å²) in [6, 6.07) is 0. The van der Waals surface area contributed by atoms with Crippen LogP contribution in [-0.2, 0) is 14.6 Å². The van der Waals surface area contributed by atoms with E-state index in [0.29, 0.717) is 25.5 Å². The third-order valence-electron chi connectivity index (χ3n) is 3.65. The van der Waals surface area contributed by atoms with Crippen LogP contribution in [0.5, 0.6) is 0 Å². The first-order valence-corrected chi connectivity index (χ1v) is 10.3. The van der Waals surface area contributed by atoms with E-state index in [0.717, 1.165) is 0 Å². The number of hydrogen-bond donors (Lipinski definition) is 3. The molecular formula is C16H33IN4O4S. The summed E-state index contributed by atoms with van der Waals surface area (Å²) >= 11 is 0. The summed E-state index contributed by atoms with van der Waals surface area (Å²) in [6.45, 7) is 10.2. The van der Waals surface area contributed by atoms with Gasteiger partial charge in [-0.25, -0.2) is 13.2 Å². The van der Waals surface area contributed by atoms with Gasteiger partial charge in [0.2, 0.25) is 0 Å². The molecule has 0 saturated carbocycles. The molecule has 3 N–H and O–H groups in total. The maximum absolute atomic E-state index is 11.9. The number of ether oxygens (including phenoxy) is 1. The number of amides is 1. The quantitative estimate of drug-likeness (QED) is 0.298. The van der Waals surface area contributed by atoms with Gasteiger partial charge >= 0.3 is 6.09 Å². The van der Waals surface area contributed by atoms with Crippen molar-refractivity contribution >= 4 is 45.9 Å². The molecule has 1 aliphatic rings. The smallest absolute Gasteiger partial charge is 0.408 e. The molecule has 0 aromatic rings. The number of carbonyl (C=O) groups excluding carboxylic acids is 1. The summed E-state index contributed by atoms with van der Waals surface area (Å²) in [5.74, 6) is 1.17. The second-order valence-corrected chi connectivity index (χ2v) is 10.3. The Morgan fingerprint density at radius 3 is 2.27 bits per heavy atom. The average Bonchev–Trinajstić information content (AvgIpc) is 2.75. The fourth-order valence-corrected chi connectivity index (χ4v) is 4.29. The Labute approximate surface area is 174 Å². The summed E-state index contributed by atoms with van der Waals surface area (Å²) in [4.78, 5) is 16.0. The van der Waals surface area contributed by atoms with Gasteiger partial charge in [0, 0.05) is 20.1 Å². The zero-order valence-corrected chi connectivity index (χ0v) is 19.7. The van der Waals surface area contributed by atoms with Crippen molar-refractivity contribution in [3.8, 4) is 0 Å². The Hall–Kier alpha value is -0.780. The van der Waals surface area contributed by atoms with Crippen molar-refractivity contribution in [1.29, 1.82) is 0 Å². The Bertz CT molecular complexity index is 600. The van der Waals surface area contributed by atoms with Crippen LogP contribution in [0.1, 0.15) is 41.0 Å². The zero-order chi connectivity index (χ0) is 19.3. The van der Waals surface area contributed by atoms with Gasteiger partial charge in [0.1, 0.15) is 5.60 Å². The normalized spacial score (nSPS) is 20.1. The van der Waals surface area contributed by atoms with E-state index in [1.807, 2.05) is 34.6 Å². The number of guanidine groups is 1. The molecule has 26 heavy (non-hydrogen) atoms. The van der Waals surface area contributed by atoms with Gasteiger partial charge in [0.25, 0.3) is 0 Å². The summed E-state index contributed by atoms with van der Waals surface area (Å²) in [5, 5.41) is 9.10. The molecule has 1 heterocycles. The zero-order valence-electron chi connectivity index (χ0n) is 16.5. The van der Waals surface area contributed by atoms with Crippen LogP contribution in [0.15, 0.2) is 4.99 Å². The van der Waals surface area contributed by atoms with Crippen molar-refractivity contribution in [1.82, 2.24) is 16.0 Å². The Morgan fingerprint density at radius 2 is 1.81 bits per heavy atom. The molecule has 0 bridgehead atoms. The van der Waals surface area contributed by atoms with Gasteiger partial charge in [-0.05, 0) is 47.0 Å². The highest BCUT2D eigenvalue weighted by atomic mass is 127. The van der Waals surface area contributed by atoms with Crippen molar-refractivity contribution in [2.45, 2.75) is 52.2 Å². The predicted molar refractivity (Wildman–Crippen MR) is 115 cm³/mol. The molecule has 1 rings (SSSR count). The molecule has 1 unspecified atom stereocenters. The van der Waals surface area contributed by atoms with Crippen LogP contribution in [0.25, 0.3) is 0 Å². The molecule has 1 saturated heterocycles. The number of hydrogen-bond acceptors (Lipinski definition) is 5. The number of rotatable bonds is 5. The number of alkyl carbamates (subject to hydrolysis) is 1. The second kappa shape index (κ2) is 9.95. The molecule has 10 heteroatoms. The van der Waals surface area contributed by atoms with E-state index in [4.69, 9.17) is 4.74 Å². The van der Waals surface area contributed by atoms with Gasteiger partial charge in [-0.1, -0.05) is 0 Å². The maximum atomic E-state index is 11.9. The van der Waals surface area contributed by atoms with E-state index in [-0.39, 0.29) is 41.4 Å². The average molecular weight is 504 g/mol. The lowest BCUT2D eigenvalue weighted by Gasteiger charge is -2.29. The van der Waals surface area contributed by atoms with Gasteiger partial charge in [0.15, 0.2) is 15.8 Å². The molecule has 1 amide bonds. The van der Waals surface area contributed by atoms with E-state index in [2.05, 4.69) is 20.9 Å². The van der Waals surface area contributed by atoms with E-state index < -0.39 is 27.1 Å². The van der Waals surface area contributed by atoms with Crippen LogP contribution in [0.3, 0.4) is 0 Å². The van der Waals surface area contributed by atoms with Crippen LogP contribution in [-0.4, -0.2) is 63.3 Å². The summed E-state index contributed by atoms with van der Waals surface area (Å²) in [7, 11) is -1.23. The molecule has 1 atom stereocenters. The fourth-order valence-electron chi connectivity index (χ4n) is 2.42. The van der Waals surface area contributed by atoms with Gasteiger partial charge in [-0.2, -0.15) is 0 Å². The third kappa shape index (κ3) is 10.4. The first-order chi connectivity index (χ1) is 11.3. The van der Waals surface area contributed by atoms with E-state index in [9.17, 15) is 13.2 Å². The number of nitrogens with one attached hydrogen (secondary N) is 3. The highest BCUT2D eigenvalue weighted by Crippen LogP contribution is 2.17. The Morgan fingerprint density at radius 1 is 1.19 bits per heavy atom. The van der Waals surface area contributed by atoms with Crippen molar-refractivity contribution in [2.75, 3.05) is 31.6 Å². The summed E-state index contributed by atoms with van der Waals surface area (Å²) in [6.07, 6.45) is 0.205. The molecular weight excluding hydrogens is 471 g/mol. The lowest BCUT2D eigenvalue weighted by molar-refractivity contribution is 0.0474. The molecule has 8 nitrogen and oxygen atoms in total. The van der Waals surface area contributed by atoms with Gasteiger partial charge in [-0.3, -0.25) is 4.99 Å². The number of sulfone groups is 1. The van der Waals surface area contributed by atoms with Crippen LogP contribution < -0.4 is 16.0 Å². The molecule has 0 spiro atoms. The molecule has 0 aliphatic carbocycles. The molecule has 1 aliphatic heterocycles. The third-order valence-corrected chi connectivity index (χ3v) is 5.48. The minimum Gasteiger partial charge on any atom is -0.444 e. The standard InChI is InChI=1S/C16H32N4O4S.HI/c1-15(2,3)24-14(21)20-16(4,5)11-19-13(17-6)18-9-12-7-8-25(22,23)10-12;/h12H,7-11H2,1-6H3,(H,20,21)(H2,17,18,19);1H. The fraction of sp³-hybridized carbons (Fsp3) is 0.875. The minimum atomic E-state index is -2.88. The first kappa shape index (κ1) is 25.2. The monoisotopic (exact) mass is 504 g/mol. The van der Waals surface area contributed by atoms with Gasteiger partial charge in [0.05, 0.1) is 17.0 Å². The lowest BCUT2D eigenvalue weighted by atomic mass is 10.1. The summed E-state index contributed by atoms with van der Waals surface area (Å²) in [5.41, 5.74) is -1.09. The number of aliphatic imine (C=N–C) groups is 1. The molecule has 1 fully saturated rings. The number of nitrogens with zero attached hydrogens (tertiary/aromatic N) is 1. The topological polar surface area (TPSA) is 109 Å².